The summed E-state index contributed by atoms with van der Waals surface area (Å²) in [5.41, 5.74) is 1.30. The van der Waals surface area contributed by atoms with Crippen molar-refractivity contribution in [3.8, 4) is 17.1 Å². The number of hydrogen-bond donors (Lipinski definition) is 1. The molecule has 0 saturated heterocycles. The molecule has 0 unspecified atom stereocenters. The fraction of sp³-hybridized carbons (Fsp3) is 0.0667. The summed E-state index contributed by atoms with van der Waals surface area (Å²) in [7, 11) is 0. The van der Waals surface area contributed by atoms with Gasteiger partial charge >= 0.3 is 6.61 Å². The first-order valence-corrected chi connectivity index (χ1v) is 7.22. The first-order valence-electron chi connectivity index (χ1n) is 6.81. The van der Waals surface area contributed by atoms with Gasteiger partial charge in [0, 0.05) is 11.8 Å². The monoisotopic (exact) mass is 347 g/mol. The fourth-order valence-corrected chi connectivity index (χ4v) is 2.12. The lowest BCUT2D eigenvalue weighted by Crippen LogP contribution is -2.01. The minimum Gasteiger partial charge on any atom is -0.435 e. The Morgan fingerprint density at radius 1 is 1.21 bits per heavy atom. The van der Waals surface area contributed by atoms with E-state index in [-0.39, 0.29) is 5.75 Å². The molecule has 9 heteroatoms. The molecule has 24 heavy (non-hydrogen) atoms. The van der Waals surface area contributed by atoms with Gasteiger partial charge in [-0.1, -0.05) is 6.07 Å². The zero-order valence-corrected chi connectivity index (χ0v) is 13.0. The van der Waals surface area contributed by atoms with Crippen molar-refractivity contribution in [1.29, 1.82) is 0 Å². The van der Waals surface area contributed by atoms with E-state index in [1.807, 2.05) is 6.07 Å². The third kappa shape index (κ3) is 3.69. The molecule has 3 aromatic rings. The second-order valence-electron chi connectivity index (χ2n) is 4.57. The summed E-state index contributed by atoms with van der Waals surface area (Å²) < 4.78 is 30.4. The molecule has 0 amide bonds. The Bertz CT molecular complexity index is 890. The third-order valence-corrected chi connectivity index (χ3v) is 3.25. The van der Waals surface area contributed by atoms with Gasteiger partial charge in [-0.25, -0.2) is 5.10 Å². The molecule has 0 aliphatic rings. The number of ether oxygens (including phenoxy) is 1. The van der Waals surface area contributed by atoms with Crippen LogP contribution in [0.5, 0.6) is 5.75 Å². The smallest absolute Gasteiger partial charge is 0.387 e. The van der Waals surface area contributed by atoms with Crippen LogP contribution in [-0.2, 0) is 0 Å². The van der Waals surface area contributed by atoms with Crippen molar-refractivity contribution in [3.63, 3.8) is 0 Å². The number of alkyl halides is 2. The number of aromatic amines is 1. The number of nitrogens with zero attached hydrogens (tertiary/aromatic N) is 4. The summed E-state index contributed by atoms with van der Waals surface area (Å²) in [5, 5.41) is 11.0. The Balaban J connectivity index is 1.90. The molecule has 0 radical (unpaired) electrons. The largest absolute Gasteiger partial charge is 0.435 e. The molecule has 1 N–H and O–H groups in total. The SMILES string of the molecule is FC(F)Oc1ccc(-c2n[nH]c(=S)n2N=Cc2ccccn2)cc1. The molecule has 0 bridgehead atoms. The minimum absolute atomic E-state index is 0.0615. The molecule has 0 spiro atoms. The number of benzene rings is 1. The Kier molecular flexibility index (Phi) is 4.71. The van der Waals surface area contributed by atoms with Gasteiger partial charge in [0.25, 0.3) is 0 Å². The fourth-order valence-electron chi connectivity index (χ4n) is 1.94. The molecule has 0 aliphatic heterocycles. The molecule has 2 aromatic heterocycles. The van der Waals surface area contributed by atoms with Gasteiger partial charge in [-0.15, -0.1) is 0 Å². The van der Waals surface area contributed by atoms with Crippen LogP contribution >= 0.6 is 12.2 Å². The zero-order valence-electron chi connectivity index (χ0n) is 12.1. The summed E-state index contributed by atoms with van der Waals surface area (Å²) in [6.07, 6.45) is 3.20. The second kappa shape index (κ2) is 7.09. The van der Waals surface area contributed by atoms with Crippen LogP contribution in [0.2, 0.25) is 0 Å². The molecule has 0 fully saturated rings. The Labute approximate surface area is 140 Å². The first kappa shape index (κ1) is 15.9. The van der Waals surface area contributed by atoms with Gasteiger partial charge in [0.2, 0.25) is 4.77 Å². The van der Waals surface area contributed by atoms with E-state index in [4.69, 9.17) is 12.2 Å². The van der Waals surface area contributed by atoms with Gasteiger partial charge in [-0.3, -0.25) is 4.98 Å². The van der Waals surface area contributed by atoms with Crippen molar-refractivity contribution in [3.05, 3.63) is 59.1 Å². The number of H-pyrrole nitrogens is 1. The van der Waals surface area contributed by atoms with Crippen LogP contribution in [-0.4, -0.2) is 32.7 Å². The predicted molar refractivity (Wildman–Crippen MR) is 86.7 cm³/mol. The number of rotatable bonds is 5. The lowest BCUT2D eigenvalue weighted by Gasteiger charge is -2.05. The lowest BCUT2D eigenvalue weighted by molar-refractivity contribution is -0.0498. The summed E-state index contributed by atoms with van der Waals surface area (Å²) >= 11 is 5.16. The van der Waals surface area contributed by atoms with Gasteiger partial charge in [-0.05, 0) is 48.6 Å². The van der Waals surface area contributed by atoms with E-state index in [2.05, 4.69) is 25.0 Å². The zero-order chi connectivity index (χ0) is 16.9. The standard InChI is InChI=1S/C15H11F2N5OS/c16-14(17)23-12-6-4-10(5-7-12)13-20-21-15(24)22(13)19-9-11-3-1-2-8-18-11/h1-9,14H,(H,21,24). The highest BCUT2D eigenvalue weighted by Crippen LogP contribution is 2.22. The third-order valence-electron chi connectivity index (χ3n) is 2.98. The highest BCUT2D eigenvalue weighted by atomic mass is 32.1. The van der Waals surface area contributed by atoms with Crippen molar-refractivity contribution in [2.75, 3.05) is 0 Å². The van der Waals surface area contributed by atoms with E-state index in [1.54, 1.807) is 36.7 Å². The molecule has 6 nitrogen and oxygen atoms in total. The average molecular weight is 347 g/mol. The molecular formula is C15H11F2N5OS. The van der Waals surface area contributed by atoms with Gasteiger partial charge < -0.3 is 4.74 Å². The van der Waals surface area contributed by atoms with Crippen molar-refractivity contribution in [1.82, 2.24) is 19.9 Å². The van der Waals surface area contributed by atoms with Crippen LogP contribution in [0.25, 0.3) is 11.4 Å². The van der Waals surface area contributed by atoms with E-state index >= 15 is 0 Å². The molecule has 0 atom stereocenters. The van der Waals surface area contributed by atoms with Crippen LogP contribution in [0, 0.1) is 4.77 Å². The Morgan fingerprint density at radius 3 is 2.67 bits per heavy atom. The Morgan fingerprint density at radius 2 is 2.00 bits per heavy atom. The Hall–Kier alpha value is -2.94. The lowest BCUT2D eigenvalue weighted by atomic mass is 10.2. The van der Waals surface area contributed by atoms with Crippen molar-refractivity contribution in [2.45, 2.75) is 6.61 Å². The van der Waals surface area contributed by atoms with Crippen molar-refractivity contribution < 1.29 is 13.5 Å². The maximum Gasteiger partial charge on any atom is 0.387 e. The topological polar surface area (TPSA) is 68.1 Å². The quantitative estimate of drug-likeness (QED) is 0.567. The predicted octanol–water partition coefficient (Wildman–Crippen LogP) is 3.49. The van der Waals surface area contributed by atoms with E-state index in [0.29, 0.717) is 21.9 Å². The number of halogens is 2. The molecular weight excluding hydrogens is 336 g/mol. The minimum atomic E-state index is -2.87. The number of hydrogen-bond acceptors (Lipinski definition) is 5. The van der Waals surface area contributed by atoms with E-state index in [9.17, 15) is 8.78 Å². The van der Waals surface area contributed by atoms with E-state index < -0.39 is 6.61 Å². The summed E-state index contributed by atoms with van der Waals surface area (Å²) in [6, 6.07) is 11.5. The molecule has 3 rings (SSSR count). The average Bonchev–Trinajstić information content (AvgIpc) is 2.95. The highest BCUT2D eigenvalue weighted by Gasteiger charge is 2.09. The summed E-state index contributed by atoms with van der Waals surface area (Å²) in [5.74, 6) is 0.502. The van der Waals surface area contributed by atoms with Crippen LogP contribution in [0.15, 0.2) is 53.8 Å². The maximum atomic E-state index is 12.2. The van der Waals surface area contributed by atoms with E-state index in [1.165, 1.54) is 16.8 Å². The number of nitrogens with one attached hydrogen (secondary N) is 1. The van der Waals surface area contributed by atoms with Gasteiger partial charge in [0.1, 0.15) is 5.75 Å². The summed E-state index contributed by atoms with van der Waals surface area (Å²) in [6.45, 7) is -2.87. The normalized spacial score (nSPS) is 11.3. The van der Waals surface area contributed by atoms with Crippen LogP contribution in [0.4, 0.5) is 8.78 Å². The van der Waals surface area contributed by atoms with E-state index in [0.717, 1.165) is 0 Å². The molecule has 122 valence electrons. The first-order chi connectivity index (χ1) is 11.6. The van der Waals surface area contributed by atoms with Gasteiger partial charge in [-0.2, -0.15) is 23.7 Å². The van der Waals surface area contributed by atoms with Gasteiger partial charge in [0.15, 0.2) is 5.82 Å². The van der Waals surface area contributed by atoms with Crippen LogP contribution in [0.3, 0.4) is 0 Å². The van der Waals surface area contributed by atoms with Crippen molar-refractivity contribution >= 4 is 18.4 Å². The molecule has 0 saturated carbocycles. The van der Waals surface area contributed by atoms with Crippen molar-refractivity contribution in [2.24, 2.45) is 5.10 Å². The molecule has 1 aromatic carbocycles. The van der Waals surface area contributed by atoms with Crippen LogP contribution in [0.1, 0.15) is 5.69 Å². The molecule has 0 aliphatic carbocycles. The second-order valence-corrected chi connectivity index (χ2v) is 4.95. The molecule has 2 heterocycles. The van der Waals surface area contributed by atoms with Gasteiger partial charge in [0.05, 0.1) is 11.9 Å². The van der Waals surface area contributed by atoms with Crippen LogP contribution < -0.4 is 4.74 Å². The number of pyridine rings is 1. The highest BCUT2D eigenvalue weighted by molar-refractivity contribution is 7.71. The summed E-state index contributed by atoms with van der Waals surface area (Å²) in [4.78, 5) is 4.13. The number of aromatic nitrogens is 4. The maximum absolute atomic E-state index is 12.2.